The van der Waals surface area contributed by atoms with E-state index in [2.05, 4.69) is 21.2 Å². The van der Waals surface area contributed by atoms with Gasteiger partial charge in [-0.1, -0.05) is 33.6 Å². The molecule has 1 aliphatic heterocycles. The Morgan fingerprint density at radius 2 is 1.73 bits per heavy atom. The van der Waals surface area contributed by atoms with Gasteiger partial charge in [0, 0.05) is 22.3 Å². The molecule has 0 spiro atoms. The van der Waals surface area contributed by atoms with Gasteiger partial charge in [0.15, 0.2) is 0 Å². The summed E-state index contributed by atoms with van der Waals surface area (Å²) < 4.78 is 28.4. The number of sulfonamides is 1. The minimum Gasteiger partial charge on any atom is -0.322 e. The van der Waals surface area contributed by atoms with Gasteiger partial charge in [0.05, 0.1) is 10.6 Å². The number of aryl methyl sites for hydroxylation is 2. The Bertz CT molecular complexity index is 1240. The highest BCUT2D eigenvalue weighted by Crippen LogP contribution is 2.34. The van der Waals surface area contributed by atoms with E-state index in [1.165, 1.54) is 4.31 Å². The van der Waals surface area contributed by atoms with E-state index in [4.69, 9.17) is 0 Å². The average Bonchev–Trinajstić information content (AvgIpc) is 3.14. The number of halogens is 1. The van der Waals surface area contributed by atoms with Gasteiger partial charge in [-0.3, -0.25) is 9.10 Å². The maximum absolute atomic E-state index is 13.1. The van der Waals surface area contributed by atoms with Crippen molar-refractivity contribution in [3.8, 4) is 0 Å². The molecule has 0 radical (unpaired) electrons. The van der Waals surface area contributed by atoms with Crippen LogP contribution in [-0.4, -0.2) is 20.9 Å². The van der Waals surface area contributed by atoms with Gasteiger partial charge < -0.3 is 5.32 Å². The summed E-state index contributed by atoms with van der Waals surface area (Å²) in [5, 5.41) is 2.94. The van der Waals surface area contributed by atoms with E-state index in [1.54, 1.807) is 42.5 Å². The van der Waals surface area contributed by atoms with Gasteiger partial charge in [0.2, 0.25) is 0 Å². The largest absolute Gasteiger partial charge is 0.322 e. The van der Waals surface area contributed by atoms with Crippen LogP contribution in [0.25, 0.3) is 0 Å². The summed E-state index contributed by atoms with van der Waals surface area (Å²) in [7, 11) is -3.65. The van der Waals surface area contributed by atoms with Crippen LogP contribution in [0.2, 0.25) is 0 Å². The van der Waals surface area contributed by atoms with Crippen LogP contribution in [-0.2, 0) is 16.4 Å². The second kappa shape index (κ2) is 7.89. The first-order valence-electron chi connectivity index (χ1n) is 9.55. The maximum atomic E-state index is 13.1. The molecule has 1 heterocycles. The van der Waals surface area contributed by atoms with Crippen LogP contribution in [0.1, 0.15) is 27.0 Å². The second-order valence-corrected chi connectivity index (χ2v) is 10.2. The minimum absolute atomic E-state index is 0.209. The predicted octanol–water partition coefficient (Wildman–Crippen LogP) is 5.07. The summed E-state index contributed by atoms with van der Waals surface area (Å²) >= 11 is 3.33. The van der Waals surface area contributed by atoms with E-state index in [0.717, 1.165) is 26.9 Å². The molecule has 1 aliphatic rings. The molecule has 0 atom stereocenters. The molecule has 0 saturated carbocycles. The third-order valence-electron chi connectivity index (χ3n) is 5.23. The van der Waals surface area contributed by atoms with Crippen LogP contribution in [0.4, 0.5) is 11.4 Å². The zero-order valence-electron chi connectivity index (χ0n) is 16.6. The molecule has 3 aromatic rings. The summed E-state index contributed by atoms with van der Waals surface area (Å²) in [6.07, 6.45) is 0.565. The summed E-state index contributed by atoms with van der Waals surface area (Å²) in [6, 6.07) is 17.6. The maximum Gasteiger partial charge on any atom is 0.264 e. The summed E-state index contributed by atoms with van der Waals surface area (Å²) in [5.41, 5.74) is 4.89. The van der Waals surface area contributed by atoms with Gasteiger partial charge in [-0.25, -0.2) is 8.42 Å². The normalized spacial score (nSPS) is 13.2. The van der Waals surface area contributed by atoms with Crippen LogP contribution in [0.3, 0.4) is 0 Å². The van der Waals surface area contributed by atoms with E-state index in [9.17, 15) is 13.2 Å². The lowest BCUT2D eigenvalue weighted by Gasteiger charge is -2.20. The molecular weight excluding hydrogens is 464 g/mol. The lowest BCUT2D eigenvalue weighted by molar-refractivity contribution is 0.102. The predicted molar refractivity (Wildman–Crippen MR) is 123 cm³/mol. The van der Waals surface area contributed by atoms with Crippen molar-refractivity contribution in [2.45, 2.75) is 25.2 Å². The standard InChI is InChI=1S/C23H21BrN2O3S/c1-15-3-9-21(16(2)13-15)25-23(27)18-4-10-22-17(14-18)11-12-26(22)30(28,29)20-7-5-19(24)6-8-20/h3-10,13-14H,11-12H2,1-2H3,(H,25,27). The Kier molecular flexibility index (Phi) is 5.42. The van der Waals surface area contributed by atoms with Crippen LogP contribution < -0.4 is 9.62 Å². The number of benzene rings is 3. The van der Waals surface area contributed by atoms with Crippen molar-refractivity contribution in [2.75, 3.05) is 16.2 Å². The number of nitrogens with zero attached hydrogens (tertiary/aromatic N) is 1. The molecule has 4 rings (SSSR count). The van der Waals surface area contributed by atoms with Gasteiger partial charge in [-0.05, 0) is 79.9 Å². The van der Waals surface area contributed by atoms with Crippen molar-refractivity contribution in [3.05, 3.63) is 87.4 Å². The third kappa shape index (κ3) is 3.87. The lowest BCUT2D eigenvalue weighted by Crippen LogP contribution is -2.29. The number of carbonyl (C=O) groups is 1. The van der Waals surface area contributed by atoms with E-state index >= 15 is 0 Å². The number of fused-ring (bicyclic) bond motifs is 1. The molecule has 0 saturated heterocycles. The monoisotopic (exact) mass is 484 g/mol. The molecule has 3 aromatic carbocycles. The summed E-state index contributed by atoms with van der Waals surface area (Å²) in [6.45, 7) is 4.32. The van der Waals surface area contributed by atoms with Gasteiger partial charge in [0.1, 0.15) is 0 Å². The first-order chi connectivity index (χ1) is 14.3. The molecule has 1 amide bonds. The fraction of sp³-hybridized carbons (Fsp3) is 0.174. The van der Waals surface area contributed by atoms with Crippen LogP contribution in [0.5, 0.6) is 0 Å². The highest BCUT2D eigenvalue weighted by atomic mass is 79.9. The number of hydrogen-bond acceptors (Lipinski definition) is 3. The number of nitrogens with one attached hydrogen (secondary N) is 1. The molecule has 1 N–H and O–H groups in total. The molecule has 0 unspecified atom stereocenters. The number of carbonyl (C=O) groups excluding carboxylic acids is 1. The van der Waals surface area contributed by atoms with Crippen molar-refractivity contribution < 1.29 is 13.2 Å². The topological polar surface area (TPSA) is 66.5 Å². The molecule has 0 aliphatic carbocycles. The quantitative estimate of drug-likeness (QED) is 0.561. The molecule has 0 fully saturated rings. The fourth-order valence-electron chi connectivity index (χ4n) is 3.64. The number of amides is 1. The smallest absolute Gasteiger partial charge is 0.264 e. The molecule has 30 heavy (non-hydrogen) atoms. The highest BCUT2D eigenvalue weighted by molar-refractivity contribution is 9.10. The fourth-order valence-corrected chi connectivity index (χ4v) is 5.41. The van der Waals surface area contributed by atoms with E-state index in [-0.39, 0.29) is 10.8 Å². The van der Waals surface area contributed by atoms with Crippen molar-refractivity contribution in [2.24, 2.45) is 0 Å². The SMILES string of the molecule is Cc1ccc(NC(=O)c2ccc3c(c2)CCN3S(=O)(=O)c2ccc(Br)cc2)c(C)c1. The Labute approximate surface area is 184 Å². The van der Waals surface area contributed by atoms with Gasteiger partial charge in [0.25, 0.3) is 15.9 Å². The van der Waals surface area contributed by atoms with Crippen molar-refractivity contribution in [3.63, 3.8) is 0 Å². The average molecular weight is 485 g/mol. The Morgan fingerprint density at radius 1 is 1.00 bits per heavy atom. The Hall–Kier alpha value is -2.64. The van der Waals surface area contributed by atoms with Crippen molar-refractivity contribution in [1.29, 1.82) is 0 Å². The first kappa shape index (κ1) is 20.6. The van der Waals surface area contributed by atoms with Crippen LogP contribution >= 0.6 is 15.9 Å². The zero-order chi connectivity index (χ0) is 21.5. The third-order valence-corrected chi connectivity index (χ3v) is 7.58. The van der Waals surface area contributed by atoms with Crippen molar-refractivity contribution >= 4 is 43.2 Å². The van der Waals surface area contributed by atoms with Gasteiger partial charge in [-0.15, -0.1) is 0 Å². The zero-order valence-corrected chi connectivity index (χ0v) is 19.0. The van der Waals surface area contributed by atoms with E-state index in [1.807, 2.05) is 32.0 Å². The summed E-state index contributed by atoms with van der Waals surface area (Å²) in [4.78, 5) is 13.0. The second-order valence-electron chi connectivity index (χ2n) is 7.40. The number of rotatable bonds is 4. The van der Waals surface area contributed by atoms with Crippen molar-refractivity contribution in [1.82, 2.24) is 0 Å². The van der Waals surface area contributed by atoms with E-state index < -0.39 is 10.0 Å². The van der Waals surface area contributed by atoms with Gasteiger partial charge >= 0.3 is 0 Å². The lowest BCUT2D eigenvalue weighted by atomic mass is 10.1. The van der Waals surface area contributed by atoms with Gasteiger partial charge in [-0.2, -0.15) is 0 Å². The Morgan fingerprint density at radius 3 is 2.43 bits per heavy atom. The summed E-state index contributed by atoms with van der Waals surface area (Å²) in [5.74, 6) is -0.209. The first-order valence-corrected chi connectivity index (χ1v) is 11.8. The highest BCUT2D eigenvalue weighted by Gasteiger charge is 2.31. The molecule has 0 bridgehead atoms. The number of anilines is 2. The van der Waals surface area contributed by atoms with E-state index in [0.29, 0.717) is 24.2 Å². The minimum atomic E-state index is -3.65. The molecular formula is C23H21BrN2O3S. The van der Waals surface area contributed by atoms with Crippen LogP contribution in [0.15, 0.2) is 70.0 Å². The Balaban J connectivity index is 1.59. The molecule has 154 valence electrons. The molecule has 0 aromatic heterocycles. The molecule has 5 nitrogen and oxygen atoms in total. The van der Waals surface area contributed by atoms with Crippen LogP contribution in [0, 0.1) is 13.8 Å². The number of hydrogen-bond donors (Lipinski definition) is 1. The molecule has 7 heteroatoms.